The minimum absolute atomic E-state index is 0.682. The van der Waals surface area contributed by atoms with Crippen LogP contribution in [0, 0.1) is 11.8 Å². The molecule has 0 radical (unpaired) electrons. The molecule has 0 aromatic rings. The van der Waals surface area contributed by atoms with Gasteiger partial charge < -0.3 is 22.1 Å². The lowest BCUT2D eigenvalue weighted by Crippen LogP contribution is -2.32. The molecule has 0 bridgehead atoms. The SMILES string of the molecule is CC(CCN)CNCCNCC(C)CCN. The summed E-state index contributed by atoms with van der Waals surface area (Å²) in [5.41, 5.74) is 11.0. The molecule has 0 amide bonds. The molecule has 98 valence electrons. The number of hydrogen-bond donors (Lipinski definition) is 4. The average molecular weight is 230 g/mol. The monoisotopic (exact) mass is 230 g/mol. The fourth-order valence-electron chi connectivity index (χ4n) is 1.65. The van der Waals surface area contributed by atoms with E-state index in [1.165, 1.54) is 0 Å². The molecule has 4 nitrogen and oxygen atoms in total. The highest BCUT2D eigenvalue weighted by Gasteiger charge is 2.00. The van der Waals surface area contributed by atoms with E-state index in [2.05, 4.69) is 24.5 Å². The zero-order valence-corrected chi connectivity index (χ0v) is 11.0. The highest BCUT2D eigenvalue weighted by atomic mass is 14.9. The second-order valence-corrected chi connectivity index (χ2v) is 4.77. The Morgan fingerprint density at radius 3 is 1.50 bits per heavy atom. The van der Waals surface area contributed by atoms with Gasteiger partial charge in [0, 0.05) is 13.1 Å². The van der Waals surface area contributed by atoms with Gasteiger partial charge in [0.2, 0.25) is 0 Å². The normalized spacial score (nSPS) is 15.0. The Bertz CT molecular complexity index is 125. The van der Waals surface area contributed by atoms with Crippen LogP contribution in [0.1, 0.15) is 26.7 Å². The Hall–Kier alpha value is -0.160. The van der Waals surface area contributed by atoms with Gasteiger partial charge in [0.25, 0.3) is 0 Å². The van der Waals surface area contributed by atoms with Gasteiger partial charge in [-0.15, -0.1) is 0 Å². The summed E-state index contributed by atoms with van der Waals surface area (Å²) >= 11 is 0. The summed E-state index contributed by atoms with van der Waals surface area (Å²) in [6, 6.07) is 0. The van der Waals surface area contributed by atoms with Crippen molar-refractivity contribution in [2.24, 2.45) is 23.3 Å². The first-order valence-electron chi connectivity index (χ1n) is 6.52. The molecule has 0 aromatic carbocycles. The van der Waals surface area contributed by atoms with Crippen molar-refractivity contribution >= 4 is 0 Å². The molecule has 0 rings (SSSR count). The Balaban J connectivity index is 3.15. The van der Waals surface area contributed by atoms with E-state index in [9.17, 15) is 0 Å². The van der Waals surface area contributed by atoms with Crippen molar-refractivity contribution in [3.05, 3.63) is 0 Å². The molecule has 2 atom stereocenters. The lowest BCUT2D eigenvalue weighted by Gasteiger charge is -2.13. The lowest BCUT2D eigenvalue weighted by atomic mass is 10.1. The van der Waals surface area contributed by atoms with Gasteiger partial charge in [-0.05, 0) is 50.9 Å². The van der Waals surface area contributed by atoms with Crippen molar-refractivity contribution < 1.29 is 0 Å². The van der Waals surface area contributed by atoms with Crippen LogP contribution in [0.25, 0.3) is 0 Å². The number of rotatable bonds is 11. The second-order valence-electron chi connectivity index (χ2n) is 4.77. The Morgan fingerprint density at radius 2 is 1.19 bits per heavy atom. The van der Waals surface area contributed by atoms with Crippen LogP contribution in [-0.2, 0) is 0 Å². The molecular weight excluding hydrogens is 200 g/mol. The van der Waals surface area contributed by atoms with Gasteiger partial charge in [-0.2, -0.15) is 0 Å². The fraction of sp³-hybridized carbons (Fsp3) is 1.00. The molecule has 0 heterocycles. The highest BCUT2D eigenvalue weighted by molar-refractivity contribution is 4.61. The molecule has 0 saturated carbocycles. The van der Waals surface area contributed by atoms with Crippen LogP contribution >= 0.6 is 0 Å². The van der Waals surface area contributed by atoms with E-state index in [-0.39, 0.29) is 0 Å². The van der Waals surface area contributed by atoms with E-state index < -0.39 is 0 Å². The van der Waals surface area contributed by atoms with E-state index in [1.54, 1.807) is 0 Å². The smallest absolute Gasteiger partial charge is 0.00768 e. The first-order valence-corrected chi connectivity index (χ1v) is 6.52. The van der Waals surface area contributed by atoms with Crippen LogP contribution in [-0.4, -0.2) is 39.3 Å². The third-order valence-electron chi connectivity index (χ3n) is 2.78. The standard InChI is InChI=1S/C12H30N4/c1-11(3-5-13)9-15-7-8-16-10-12(2)4-6-14/h11-12,15-16H,3-10,13-14H2,1-2H3. The van der Waals surface area contributed by atoms with E-state index in [4.69, 9.17) is 11.5 Å². The minimum Gasteiger partial charge on any atom is -0.330 e. The molecule has 6 N–H and O–H groups in total. The fourth-order valence-corrected chi connectivity index (χ4v) is 1.65. The predicted octanol–water partition coefficient (Wildman–Crippen LogP) is 0.135. The van der Waals surface area contributed by atoms with Gasteiger partial charge in [0.15, 0.2) is 0 Å². The number of hydrogen-bond acceptors (Lipinski definition) is 4. The zero-order valence-electron chi connectivity index (χ0n) is 11.0. The molecule has 0 saturated heterocycles. The van der Waals surface area contributed by atoms with Gasteiger partial charge >= 0.3 is 0 Å². The van der Waals surface area contributed by atoms with Crippen molar-refractivity contribution in [1.82, 2.24) is 10.6 Å². The summed E-state index contributed by atoms with van der Waals surface area (Å²) in [5, 5.41) is 6.87. The van der Waals surface area contributed by atoms with Gasteiger partial charge in [0.05, 0.1) is 0 Å². The number of nitrogens with two attached hydrogens (primary N) is 2. The maximum Gasteiger partial charge on any atom is 0.00768 e. The number of nitrogens with one attached hydrogen (secondary N) is 2. The Morgan fingerprint density at radius 1 is 0.812 bits per heavy atom. The Labute approximate surface area is 101 Å². The summed E-state index contributed by atoms with van der Waals surface area (Å²) < 4.78 is 0. The van der Waals surface area contributed by atoms with Crippen molar-refractivity contribution in [2.45, 2.75) is 26.7 Å². The second kappa shape index (κ2) is 11.3. The van der Waals surface area contributed by atoms with Crippen molar-refractivity contribution in [3.8, 4) is 0 Å². The maximum atomic E-state index is 5.49. The zero-order chi connectivity index (χ0) is 12.2. The van der Waals surface area contributed by atoms with Gasteiger partial charge in [0.1, 0.15) is 0 Å². The molecular formula is C12H30N4. The third kappa shape index (κ3) is 10.4. The lowest BCUT2D eigenvalue weighted by molar-refractivity contribution is 0.458. The van der Waals surface area contributed by atoms with E-state index in [1.807, 2.05) is 0 Å². The molecule has 0 aliphatic heterocycles. The molecule has 0 aromatic heterocycles. The van der Waals surface area contributed by atoms with Gasteiger partial charge in [-0.3, -0.25) is 0 Å². The minimum atomic E-state index is 0.682. The summed E-state index contributed by atoms with van der Waals surface area (Å²) in [7, 11) is 0. The highest BCUT2D eigenvalue weighted by Crippen LogP contribution is 1.97. The molecule has 0 aliphatic rings. The summed E-state index contributed by atoms with van der Waals surface area (Å²) in [5.74, 6) is 1.36. The predicted molar refractivity (Wildman–Crippen MR) is 71.4 cm³/mol. The van der Waals surface area contributed by atoms with Crippen LogP contribution in [0.2, 0.25) is 0 Å². The van der Waals surface area contributed by atoms with Crippen molar-refractivity contribution in [3.63, 3.8) is 0 Å². The Kier molecular flexibility index (Phi) is 11.2. The molecule has 0 spiro atoms. The first kappa shape index (κ1) is 15.8. The summed E-state index contributed by atoms with van der Waals surface area (Å²) in [6.07, 6.45) is 2.21. The quantitative estimate of drug-likeness (QED) is 0.381. The van der Waals surface area contributed by atoms with Crippen LogP contribution in [0.15, 0.2) is 0 Å². The van der Waals surface area contributed by atoms with Crippen LogP contribution < -0.4 is 22.1 Å². The van der Waals surface area contributed by atoms with Crippen molar-refractivity contribution in [1.29, 1.82) is 0 Å². The van der Waals surface area contributed by atoms with Crippen LogP contribution in [0.5, 0.6) is 0 Å². The molecule has 0 aliphatic carbocycles. The van der Waals surface area contributed by atoms with Gasteiger partial charge in [-0.1, -0.05) is 13.8 Å². The molecule has 4 heteroatoms. The first-order chi connectivity index (χ1) is 7.70. The summed E-state index contributed by atoms with van der Waals surface area (Å²) in [4.78, 5) is 0. The maximum absolute atomic E-state index is 5.49. The third-order valence-corrected chi connectivity index (χ3v) is 2.78. The van der Waals surface area contributed by atoms with Crippen molar-refractivity contribution in [2.75, 3.05) is 39.3 Å². The average Bonchev–Trinajstić information content (AvgIpc) is 2.24. The summed E-state index contributed by atoms with van der Waals surface area (Å²) in [6.45, 7) is 10.2. The molecule has 16 heavy (non-hydrogen) atoms. The van der Waals surface area contributed by atoms with E-state index >= 15 is 0 Å². The molecule has 2 unspecified atom stereocenters. The molecule has 0 fully saturated rings. The van der Waals surface area contributed by atoms with Crippen LogP contribution in [0.4, 0.5) is 0 Å². The van der Waals surface area contributed by atoms with E-state index in [0.29, 0.717) is 11.8 Å². The van der Waals surface area contributed by atoms with E-state index in [0.717, 1.165) is 52.1 Å². The van der Waals surface area contributed by atoms with Gasteiger partial charge in [-0.25, -0.2) is 0 Å². The largest absolute Gasteiger partial charge is 0.330 e. The topological polar surface area (TPSA) is 76.1 Å². The van der Waals surface area contributed by atoms with Crippen LogP contribution in [0.3, 0.4) is 0 Å².